The smallest absolute Gasteiger partial charge is 0.134 e. The first-order valence-corrected chi connectivity index (χ1v) is 6.54. The lowest BCUT2D eigenvalue weighted by Crippen LogP contribution is -2.23. The molecule has 1 heterocycles. The minimum absolute atomic E-state index is 0.569. The molecule has 1 saturated carbocycles. The molecule has 0 spiro atoms. The second-order valence-electron chi connectivity index (χ2n) is 4.81. The third kappa shape index (κ3) is 2.51. The zero-order valence-corrected chi connectivity index (χ0v) is 11.0. The van der Waals surface area contributed by atoms with Gasteiger partial charge in [0, 0.05) is 18.7 Å². The van der Waals surface area contributed by atoms with Crippen molar-refractivity contribution in [2.24, 2.45) is 5.92 Å². The van der Waals surface area contributed by atoms with Crippen LogP contribution in [0.2, 0.25) is 0 Å². The normalized spacial score (nSPS) is 23.7. The molecule has 0 amide bonds. The first-order valence-electron chi connectivity index (χ1n) is 6.54. The highest BCUT2D eigenvalue weighted by molar-refractivity contribution is 5.57. The monoisotopic (exact) mass is 234 g/mol. The molecule has 4 nitrogen and oxygen atoms in total. The van der Waals surface area contributed by atoms with E-state index in [1.54, 1.807) is 6.33 Å². The van der Waals surface area contributed by atoms with Crippen LogP contribution in [0.5, 0.6) is 0 Å². The fourth-order valence-electron chi connectivity index (χ4n) is 2.62. The van der Waals surface area contributed by atoms with Gasteiger partial charge in [0.1, 0.15) is 18.0 Å². The molecule has 1 aliphatic carbocycles. The molecule has 4 heteroatoms. The van der Waals surface area contributed by atoms with Crippen LogP contribution in [0, 0.1) is 5.92 Å². The van der Waals surface area contributed by atoms with Crippen molar-refractivity contribution in [2.45, 2.75) is 45.6 Å². The molecular weight excluding hydrogens is 212 g/mol. The van der Waals surface area contributed by atoms with E-state index >= 15 is 0 Å². The lowest BCUT2D eigenvalue weighted by molar-refractivity contribution is 0.554. The summed E-state index contributed by atoms with van der Waals surface area (Å²) in [5.41, 5.74) is 1.19. The lowest BCUT2D eigenvalue weighted by Gasteiger charge is -2.20. The van der Waals surface area contributed by atoms with Crippen molar-refractivity contribution >= 4 is 11.6 Å². The summed E-state index contributed by atoms with van der Waals surface area (Å²) in [7, 11) is 1.91. The topological polar surface area (TPSA) is 49.8 Å². The van der Waals surface area contributed by atoms with E-state index in [0.29, 0.717) is 6.04 Å². The fraction of sp³-hybridized carbons (Fsp3) is 0.692. The summed E-state index contributed by atoms with van der Waals surface area (Å²) in [5, 5.41) is 6.73. The molecule has 2 rings (SSSR count). The van der Waals surface area contributed by atoms with Gasteiger partial charge in [-0.2, -0.15) is 0 Å². The average molecular weight is 234 g/mol. The number of rotatable bonds is 4. The van der Waals surface area contributed by atoms with Gasteiger partial charge in [0.2, 0.25) is 0 Å². The zero-order valence-electron chi connectivity index (χ0n) is 11.0. The minimum Gasteiger partial charge on any atom is -0.373 e. The van der Waals surface area contributed by atoms with Crippen molar-refractivity contribution in [3.8, 4) is 0 Å². The zero-order chi connectivity index (χ0) is 12.3. The van der Waals surface area contributed by atoms with Crippen LogP contribution in [-0.2, 0) is 6.42 Å². The molecule has 1 aromatic heterocycles. The van der Waals surface area contributed by atoms with Crippen LogP contribution in [0.4, 0.5) is 11.6 Å². The Balaban J connectivity index is 2.19. The Morgan fingerprint density at radius 2 is 2.06 bits per heavy atom. The van der Waals surface area contributed by atoms with Gasteiger partial charge < -0.3 is 10.6 Å². The molecule has 0 bridgehead atoms. The fourth-order valence-corrected chi connectivity index (χ4v) is 2.62. The molecule has 2 N–H and O–H groups in total. The Bertz CT molecular complexity index is 378. The van der Waals surface area contributed by atoms with Crippen LogP contribution >= 0.6 is 0 Å². The van der Waals surface area contributed by atoms with Gasteiger partial charge in [0.25, 0.3) is 0 Å². The van der Waals surface area contributed by atoms with Crippen molar-refractivity contribution in [1.82, 2.24) is 9.97 Å². The van der Waals surface area contributed by atoms with Gasteiger partial charge in [-0.1, -0.05) is 20.3 Å². The summed E-state index contributed by atoms with van der Waals surface area (Å²) in [5.74, 6) is 2.69. The highest BCUT2D eigenvalue weighted by atomic mass is 15.1. The highest BCUT2D eigenvalue weighted by Gasteiger charge is 2.24. The Morgan fingerprint density at radius 1 is 1.29 bits per heavy atom. The first kappa shape index (κ1) is 12.1. The van der Waals surface area contributed by atoms with Gasteiger partial charge in [-0.3, -0.25) is 0 Å². The van der Waals surface area contributed by atoms with Gasteiger partial charge in [-0.05, 0) is 25.2 Å². The van der Waals surface area contributed by atoms with Gasteiger partial charge in [0.05, 0.1) is 0 Å². The van der Waals surface area contributed by atoms with Crippen LogP contribution < -0.4 is 10.6 Å². The summed E-state index contributed by atoms with van der Waals surface area (Å²) in [6, 6.07) is 0.569. The van der Waals surface area contributed by atoms with E-state index in [-0.39, 0.29) is 0 Å². The van der Waals surface area contributed by atoms with Gasteiger partial charge in [-0.15, -0.1) is 0 Å². The molecule has 0 saturated heterocycles. The van der Waals surface area contributed by atoms with Crippen molar-refractivity contribution in [3.63, 3.8) is 0 Å². The van der Waals surface area contributed by atoms with E-state index in [1.165, 1.54) is 24.8 Å². The maximum atomic E-state index is 4.39. The van der Waals surface area contributed by atoms with Gasteiger partial charge >= 0.3 is 0 Å². The third-order valence-corrected chi connectivity index (χ3v) is 3.72. The predicted octanol–water partition coefficient (Wildman–Crippen LogP) is 2.68. The predicted molar refractivity (Wildman–Crippen MR) is 71.4 cm³/mol. The van der Waals surface area contributed by atoms with E-state index in [9.17, 15) is 0 Å². The standard InChI is InChI=1S/C13H22N4/c1-4-10-12(14-3)15-8-16-13(10)17-11-7-5-6-9(11)2/h8-9,11H,4-7H2,1-3H3,(H2,14,15,16,17). The molecule has 17 heavy (non-hydrogen) atoms. The quantitative estimate of drug-likeness (QED) is 0.841. The van der Waals surface area contributed by atoms with Crippen LogP contribution in [0.1, 0.15) is 38.7 Å². The summed E-state index contributed by atoms with van der Waals surface area (Å²) in [6.07, 6.45) is 6.48. The van der Waals surface area contributed by atoms with Crippen molar-refractivity contribution in [2.75, 3.05) is 17.7 Å². The Morgan fingerprint density at radius 3 is 2.65 bits per heavy atom. The number of nitrogens with zero attached hydrogens (tertiary/aromatic N) is 2. The van der Waals surface area contributed by atoms with E-state index in [4.69, 9.17) is 0 Å². The molecule has 2 atom stereocenters. The molecule has 0 aliphatic heterocycles. The van der Waals surface area contributed by atoms with E-state index in [2.05, 4.69) is 34.4 Å². The second-order valence-corrected chi connectivity index (χ2v) is 4.81. The first-order chi connectivity index (χ1) is 8.26. The highest BCUT2D eigenvalue weighted by Crippen LogP contribution is 2.29. The molecule has 2 unspecified atom stereocenters. The molecule has 1 aromatic rings. The molecule has 1 fully saturated rings. The van der Waals surface area contributed by atoms with E-state index in [0.717, 1.165) is 24.0 Å². The summed E-state index contributed by atoms with van der Waals surface area (Å²) >= 11 is 0. The summed E-state index contributed by atoms with van der Waals surface area (Å²) < 4.78 is 0. The van der Waals surface area contributed by atoms with Gasteiger partial charge in [-0.25, -0.2) is 9.97 Å². The molecular formula is C13H22N4. The SMILES string of the molecule is CCc1c(NC)ncnc1NC1CCCC1C. The average Bonchev–Trinajstić information content (AvgIpc) is 2.74. The molecule has 1 aliphatic rings. The number of hydrogen-bond acceptors (Lipinski definition) is 4. The Hall–Kier alpha value is -1.32. The number of anilines is 2. The maximum absolute atomic E-state index is 4.39. The molecule has 0 radical (unpaired) electrons. The van der Waals surface area contributed by atoms with Crippen LogP contribution in [0.3, 0.4) is 0 Å². The maximum Gasteiger partial charge on any atom is 0.134 e. The van der Waals surface area contributed by atoms with E-state index < -0.39 is 0 Å². The largest absolute Gasteiger partial charge is 0.373 e. The second kappa shape index (κ2) is 5.34. The number of hydrogen-bond donors (Lipinski definition) is 2. The summed E-state index contributed by atoms with van der Waals surface area (Å²) in [6.45, 7) is 4.46. The van der Waals surface area contributed by atoms with Crippen LogP contribution in [0.25, 0.3) is 0 Å². The Kier molecular flexibility index (Phi) is 3.82. The lowest BCUT2D eigenvalue weighted by atomic mass is 10.1. The van der Waals surface area contributed by atoms with E-state index in [1.807, 2.05) is 7.05 Å². The van der Waals surface area contributed by atoms with Crippen molar-refractivity contribution in [3.05, 3.63) is 11.9 Å². The van der Waals surface area contributed by atoms with Crippen LogP contribution in [0.15, 0.2) is 6.33 Å². The van der Waals surface area contributed by atoms with Crippen molar-refractivity contribution in [1.29, 1.82) is 0 Å². The van der Waals surface area contributed by atoms with Gasteiger partial charge in [0.15, 0.2) is 0 Å². The Labute approximate surface area is 103 Å². The number of nitrogens with one attached hydrogen (secondary N) is 2. The molecule has 94 valence electrons. The number of aromatic nitrogens is 2. The van der Waals surface area contributed by atoms with Crippen LogP contribution in [-0.4, -0.2) is 23.1 Å². The third-order valence-electron chi connectivity index (χ3n) is 3.72. The van der Waals surface area contributed by atoms with Crippen molar-refractivity contribution < 1.29 is 0 Å². The minimum atomic E-state index is 0.569. The molecule has 0 aromatic carbocycles. The summed E-state index contributed by atoms with van der Waals surface area (Å²) in [4.78, 5) is 8.65.